The van der Waals surface area contributed by atoms with Crippen LogP contribution >= 0.6 is 0 Å². The van der Waals surface area contributed by atoms with E-state index in [9.17, 15) is 9.59 Å². The number of ether oxygens (including phenoxy) is 1. The van der Waals surface area contributed by atoms with Crippen molar-refractivity contribution in [3.05, 3.63) is 101 Å². The smallest absolute Gasteiger partial charge is 0.261 e. The molecule has 2 amide bonds. The molecule has 1 saturated carbocycles. The van der Waals surface area contributed by atoms with E-state index in [1.807, 2.05) is 86.6 Å². The van der Waals surface area contributed by atoms with Crippen LogP contribution in [0.25, 0.3) is 0 Å². The van der Waals surface area contributed by atoms with E-state index in [-0.39, 0.29) is 24.5 Å². The molecule has 37 heavy (non-hydrogen) atoms. The molecule has 194 valence electrons. The van der Waals surface area contributed by atoms with Crippen LogP contribution < -0.4 is 10.1 Å². The van der Waals surface area contributed by atoms with Crippen molar-refractivity contribution in [1.82, 2.24) is 10.2 Å². The second-order valence-electron chi connectivity index (χ2n) is 10.2. The van der Waals surface area contributed by atoms with Gasteiger partial charge in [0.15, 0.2) is 6.61 Å². The first-order valence-electron chi connectivity index (χ1n) is 13.4. The number of hydrogen-bond acceptors (Lipinski definition) is 3. The van der Waals surface area contributed by atoms with Crippen molar-refractivity contribution in [2.24, 2.45) is 0 Å². The van der Waals surface area contributed by atoms with E-state index >= 15 is 0 Å². The Kier molecular flexibility index (Phi) is 9.36. The molecule has 0 aromatic heterocycles. The number of carbonyl (C=O) groups is 2. The maximum atomic E-state index is 13.8. The van der Waals surface area contributed by atoms with E-state index in [2.05, 4.69) is 11.4 Å². The molecular formula is C32H38N2O3. The predicted octanol–water partition coefficient (Wildman–Crippen LogP) is 5.77. The van der Waals surface area contributed by atoms with Gasteiger partial charge in [-0.25, -0.2) is 0 Å². The quantitative estimate of drug-likeness (QED) is 0.386. The van der Waals surface area contributed by atoms with Gasteiger partial charge in [0.2, 0.25) is 5.91 Å². The molecule has 4 rings (SSSR count). The molecule has 3 aromatic rings. The van der Waals surface area contributed by atoms with Crippen LogP contribution in [-0.4, -0.2) is 35.4 Å². The van der Waals surface area contributed by atoms with Gasteiger partial charge in [0, 0.05) is 19.0 Å². The highest BCUT2D eigenvalue weighted by Crippen LogP contribution is 2.20. The molecule has 0 aliphatic heterocycles. The maximum Gasteiger partial charge on any atom is 0.261 e. The van der Waals surface area contributed by atoms with Gasteiger partial charge < -0.3 is 15.0 Å². The summed E-state index contributed by atoms with van der Waals surface area (Å²) in [5, 5.41) is 3.28. The monoisotopic (exact) mass is 498 g/mol. The fourth-order valence-corrected chi connectivity index (χ4v) is 4.97. The molecule has 0 heterocycles. The number of amides is 2. The number of aryl methyl sites for hydroxylation is 2. The Morgan fingerprint density at radius 1 is 0.865 bits per heavy atom. The standard InChI is InChI=1S/C32H38N2O3/c1-24-16-18-29(19-17-24)37-23-31(35)34(22-27-13-9-10-25(2)20-27)30(21-26-11-5-3-6-12-26)32(36)33-28-14-7-4-8-15-28/h3,5-6,9-13,16-20,28,30H,4,7-8,14-15,21-23H2,1-2H3,(H,33,36). The van der Waals surface area contributed by atoms with Crippen molar-refractivity contribution in [3.63, 3.8) is 0 Å². The Hall–Kier alpha value is -3.60. The first kappa shape index (κ1) is 26.5. The lowest BCUT2D eigenvalue weighted by molar-refractivity contribution is -0.143. The van der Waals surface area contributed by atoms with Crippen LogP contribution in [0.3, 0.4) is 0 Å². The minimum atomic E-state index is -0.640. The zero-order valence-corrected chi connectivity index (χ0v) is 22.0. The molecule has 5 heteroatoms. The van der Waals surface area contributed by atoms with E-state index in [4.69, 9.17) is 4.74 Å². The van der Waals surface area contributed by atoms with Crippen LogP contribution in [-0.2, 0) is 22.6 Å². The largest absolute Gasteiger partial charge is 0.484 e. The molecule has 1 aliphatic rings. The maximum absolute atomic E-state index is 13.8. The van der Waals surface area contributed by atoms with Gasteiger partial charge in [-0.15, -0.1) is 0 Å². The summed E-state index contributed by atoms with van der Waals surface area (Å²) in [4.78, 5) is 29.2. The lowest BCUT2D eigenvalue weighted by Crippen LogP contribution is -2.53. The molecule has 0 spiro atoms. The van der Waals surface area contributed by atoms with Crippen LogP contribution in [0.4, 0.5) is 0 Å². The molecule has 1 N–H and O–H groups in total. The Labute approximate surface area is 220 Å². The fraction of sp³-hybridized carbons (Fsp3) is 0.375. The summed E-state index contributed by atoms with van der Waals surface area (Å²) in [5.41, 5.74) is 4.26. The molecule has 1 atom stereocenters. The predicted molar refractivity (Wildman–Crippen MR) is 147 cm³/mol. The van der Waals surface area contributed by atoms with Crippen LogP contribution in [0.1, 0.15) is 54.4 Å². The highest BCUT2D eigenvalue weighted by atomic mass is 16.5. The van der Waals surface area contributed by atoms with Crippen LogP contribution in [0.15, 0.2) is 78.9 Å². The number of benzene rings is 3. The summed E-state index contributed by atoms with van der Waals surface area (Å²) < 4.78 is 5.87. The first-order valence-corrected chi connectivity index (χ1v) is 13.4. The first-order chi connectivity index (χ1) is 18.0. The minimum Gasteiger partial charge on any atom is -0.484 e. The Bertz CT molecular complexity index is 1150. The van der Waals surface area contributed by atoms with Crippen LogP contribution in [0.2, 0.25) is 0 Å². The van der Waals surface area contributed by atoms with Gasteiger partial charge in [-0.2, -0.15) is 0 Å². The van der Waals surface area contributed by atoms with Gasteiger partial charge >= 0.3 is 0 Å². The van der Waals surface area contributed by atoms with Crippen molar-refractivity contribution in [2.75, 3.05) is 6.61 Å². The second kappa shape index (κ2) is 13.1. The minimum absolute atomic E-state index is 0.0907. The van der Waals surface area contributed by atoms with Gasteiger partial charge in [-0.1, -0.05) is 97.1 Å². The lowest BCUT2D eigenvalue weighted by Gasteiger charge is -2.33. The summed E-state index contributed by atoms with van der Waals surface area (Å²) in [7, 11) is 0. The summed E-state index contributed by atoms with van der Waals surface area (Å²) >= 11 is 0. The average molecular weight is 499 g/mol. The molecule has 1 aliphatic carbocycles. The van der Waals surface area contributed by atoms with Crippen molar-refractivity contribution < 1.29 is 14.3 Å². The number of rotatable bonds is 10. The summed E-state index contributed by atoms with van der Waals surface area (Å²) in [5.74, 6) is 0.342. The molecule has 0 bridgehead atoms. The Balaban J connectivity index is 1.60. The van der Waals surface area contributed by atoms with E-state index in [1.54, 1.807) is 4.90 Å². The summed E-state index contributed by atoms with van der Waals surface area (Å²) in [6, 6.07) is 25.2. The number of nitrogens with one attached hydrogen (secondary N) is 1. The molecule has 5 nitrogen and oxygen atoms in total. The third-order valence-electron chi connectivity index (χ3n) is 7.04. The topological polar surface area (TPSA) is 58.6 Å². The lowest BCUT2D eigenvalue weighted by atomic mass is 9.94. The van der Waals surface area contributed by atoms with E-state index < -0.39 is 6.04 Å². The Morgan fingerprint density at radius 3 is 2.27 bits per heavy atom. The zero-order valence-electron chi connectivity index (χ0n) is 22.0. The fourth-order valence-electron chi connectivity index (χ4n) is 4.97. The second-order valence-corrected chi connectivity index (χ2v) is 10.2. The van der Waals surface area contributed by atoms with Crippen molar-refractivity contribution in [2.45, 2.75) is 71.0 Å². The van der Waals surface area contributed by atoms with Gasteiger partial charge in [0.05, 0.1) is 0 Å². The van der Waals surface area contributed by atoms with Gasteiger partial charge in [0.1, 0.15) is 11.8 Å². The van der Waals surface area contributed by atoms with Crippen molar-refractivity contribution in [1.29, 1.82) is 0 Å². The third kappa shape index (κ3) is 7.94. The van der Waals surface area contributed by atoms with Gasteiger partial charge in [-0.05, 0) is 49.9 Å². The van der Waals surface area contributed by atoms with E-state index in [0.29, 0.717) is 18.7 Å². The normalized spacial score (nSPS) is 14.5. The van der Waals surface area contributed by atoms with Crippen LogP contribution in [0.5, 0.6) is 5.75 Å². The van der Waals surface area contributed by atoms with Gasteiger partial charge in [0.25, 0.3) is 5.91 Å². The van der Waals surface area contributed by atoms with Crippen molar-refractivity contribution in [3.8, 4) is 5.75 Å². The van der Waals surface area contributed by atoms with Crippen LogP contribution in [0, 0.1) is 13.8 Å². The molecule has 1 fully saturated rings. The average Bonchev–Trinajstić information content (AvgIpc) is 2.91. The molecule has 3 aromatic carbocycles. The third-order valence-corrected chi connectivity index (χ3v) is 7.04. The Morgan fingerprint density at radius 2 is 1.57 bits per heavy atom. The highest BCUT2D eigenvalue weighted by molar-refractivity contribution is 5.88. The number of nitrogens with zero attached hydrogens (tertiary/aromatic N) is 1. The van der Waals surface area contributed by atoms with Gasteiger partial charge in [-0.3, -0.25) is 9.59 Å². The SMILES string of the molecule is Cc1ccc(OCC(=O)N(Cc2cccc(C)c2)C(Cc2ccccc2)C(=O)NC2CCCCC2)cc1. The number of carbonyl (C=O) groups excluding carboxylic acids is 2. The molecule has 0 radical (unpaired) electrons. The molecule has 1 unspecified atom stereocenters. The van der Waals surface area contributed by atoms with E-state index in [1.165, 1.54) is 6.42 Å². The molecule has 0 saturated heterocycles. The zero-order chi connectivity index (χ0) is 26.0. The number of hydrogen-bond donors (Lipinski definition) is 1. The van der Waals surface area contributed by atoms with Crippen molar-refractivity contribution >= 4 is 11.8 Å². The highest BCUT2D eigenvalue weighted by Gasteiger charge is 2.32. The summed E-state index contributed by atoms with van der Waals surface area (Å²) in [6.07, 6.45) is 5.91. The summed E-state index contributed by atoms with van der Waals surface area (Å²) in [6.45, 7) is 4.26. The van der Waals surface area contributed by atoms with E-state index in [0.717, 1.165) is 47.9 Å². The molecular weight excluding hydrogens is 460 g/mol.